The van der Waals surface area contributed by atoms with Crippen LogP contribution >= 0.6 is 11.6 Å². The van der Waals surface area contributed by atoms with Gasteiger partial charge in [-0.1, -0.05) is 16.8 Å². The van der Waals surface area contributed by atoms with Crippen LogP contribution in [-0.2, 0) is 15.6 Å². The van der Waals surface area contributed by atoms with Crippen molar-refractivity contribution >= 4 is 21.4 Å². The van der Waals surface area contributed by atoms with Gasteiger partial charge in [0.1, 0.15) is 0 Å². The summed E-state index contributed by atoms with van der Waals surface area (Å²) in [5.41, 5.74) is 0.108. The number of benzene rings is 1. The van der Waals surface area contributed by atoms with Crippen LogP contribution in [-0.4, -0.2) is 39.9 Å². The molecule has 0 aliphatic heterocycles. The molecule has 120 valence electrons. The molecule has 1 N–H and O–H groups in total. The number of hydrogen-bond donors (Lipinski definition) is 1. The summed E-state index contributed by atoms with van der Waals surface area (Å²) < 4.78 is 25.6. The smallest absolute Gasteiger partial charge is 0.156 e. The van der Waals surface area contributed by atoms with Crippen molar-refractivity contribution in [1.82, 2.24) is 15.0 Å². The normalized spacial score (nSPS) is 12.5. The second kappa shape index (κ2) is 6.36. The molecule has 0 saturated heterocycles. The molecular formula is C14H18ClN3O3S. The summed E-state index contributed by atoms with van der Waals surface area (Å²) in [7, 11) is -3.34. The van der Waals surface area contributed by atoms with Gasteiger partial charge in [0.2, 0.25) is 0 Å². The average molecular weight is 344 g/mol. The molecule has 0 unspecified atom stereocenters. The number of aliphatic hydroxyl groups is 1. The van der Waals surface area contributed by atoms with E-state index >= 15 is 0 Å². The largest absolute Gasteiger partial charge is 0.390 e. The molecule has 2 rings (SSSR count). The molecule has 2 aromatic rings. The molecule has 1 aromatic carbocycles. The lowest BCUT2D eigenvalue weighted by Crippen LogP contribution is -2.24. The Morgan fingerprint density at radius 2 is 1.91 bits per heavy atom. The number of halogens is 1. The van der Waals surface area contributed by atoms with Crippen LogP contribution in [0, 0.1) is 0 Å². The third kappa shape index (κ3) is 5.08. The Balaban J connectivity index is 2.07. The SMILES string of the molecule is CC(C)(O)CCS(=O)(=O)Cc1cn(-c2ccc(Cl)cc2)nn1. The molecule has 6 nitrogen and oxygen atoms in total. The maximum Gasteiger partial charge on any atom is 0.156 e. The fourth-order valence-electron chi connectivity index (χ4n) is 1.79. The highest BCUT2D eigenvalue weighted by Gasteiger charge is 2.20. The van der Waals surface area contributed by atoms with Crippen LogP contribution in [0.25, 0.3) is 5.69 Å². The molecule has 0 spiro atoms. The van der Waals surface area contributed by atoms with Crippen LogP contribution in [0.15, 0.2) is 30.5 Å². The van der Waals surface area contributed by atoms with Crippen LogP contribution in [0.1, 0.15) is 26.0 Å². The minimum absolute atomic E-state index is 0.0930. The molecule has 0 saturated carbocycles. The van der Waals surface area contributed by atoms with E-state index < -0.39 is 15.4 Å². The summed E-state index contributed by atoms with van der Waals surface area (Å²) in [5, 5.41) is 18.0. The van der Waals surface area contributed by atoms with E-state index in [2.05, 4.69) is 10.3 Å². The second-order valence-corrected chi connectivity index (χ2v) is 8.41. The van der Waals surface area contributed by atoms with Gasteiger partial charge in [0.15, 0.2) is 9.84 Å². The fourth-order valence-corrected chi connectivity index (χ4v) is 3.45. The van der Waals surface area contributed by atoms with Crippen LogP contribution in [0.3, 0.4) is 0 Å². The Kier molecular flexibility index (Phi) is 4.89. The van der Waals surface area contributed by atoms with E-state index in [4.69, 9.17) is 11.6 Å². The van der Waals surface area contributed by atoms with Gasteiger partial charge in [-0.15, -0.1) is 5.10 Å². The van der Waals surface area contributed by atoms with Crippen molar-refractivity contribution in [1.29, 1.82) is 0 Å². The quantitative estimate of drug-likeness (QED) is 0.867. The topological polar surface area (TPSA) is 85.1 Å². The molecule has 1 aromatic heterocycles. The van der Waals surface area contributed by atoms with Crippen molar-refractivity contribution in [2.24, 2.45) is 0 Å². The highest BCUT2D eigenvalue weighted by molar-refractivity contribution is 7.90. The summed E-state index contributed by atoms with van der Waals surface area (Å²) in [6.07, 6.45) is 1.76. The molecule has 0 aliphatic carbocycles. The number of nitrogens with zero attached hydrogens (tertiary/aromatic N) is 3. The van der Waals surface area contributed by atoms with E-state index in [1.807, 2.05) is 0 Å². The number of rotatable bonds is 6. The molecule has 0 fully saturated rings. The van der Waals surface area contributed by atoms with Gasteiger partial charge >= 0.3 is 0 Å². The van der Waals surface area contributed by atoms with Crippen molar-refractivity contribution < 1.29 is 13.5 Å². The molecule has 1 heterocycles. The van der Waals surface area contributed by atoms with Crippen molar-refractivity contribution in [3.8, 4) is 5.69 Å². The second-order valence-electron chi connectivity index (χ2n) is 5.79. The van der Waals surface area contributed by atoms with Crippen molar-refractivity contribution in [3.05, 3.63) is 41.2 Å². The zero-order chi connectivity index (χ0) is 16.4. The molecule has 0 bridgehead atoms. The van der Waals surface area contributed by atoms with Crippen LogP contribution in [0.4, 0.5) is 0 Å². The van der Waals surface area contributed by atoms with E-state index in [1.165, 1.54) is 4.68 Å². The van der Waals surface area contributed by atoms with Crippen molar-refractivity contribution in [3.63, 3.8) is 0 Å². The third-order valence-corrected chi connectivity index (χ3v) is 4.84. The number of sulfone groups is 1. The Hall–Kier alpha value is -1.44. The standard InChI is InChI=1S/C14H18ClN3O3S/c1-14(2,19)7-8-22(20,21)10-12-9-18(17-16-12)13-5-3-11(15)4-6-13/h3-6,9,19H,7-8,10H2,1-2H3. The van der Waals surface area contributed by atoms with E-state index in [9.17, 15) is 13.5 Å². The predicted octanol–water partition coefficient (Wildman–Crippen LogP) is 2.00. The van der Waals surface area contributed by atoms with Gasteiger partial charge in [-0.25, -0.2) is 13.1 Å². The summed E-state index contributed by atoms with van der Waals surface area (Å²) in [4.78, 5) is 0. The van der Waals surface area contributed by atoms with Crippen molar-refractivity contribution in [2.75, 3.05) is 5.75 Å². The lowest BCUT2D eigenvalue weighted by atomic mass is 10.1. The third-order valence-electron chi connectivity index (χ3n) is 3.02. The number of hydrogen-bond acceptors (Lipinski definition) is 5. The van der Waals surface area contributed by atoms with Gasteiger partial charge in [0, 0.05) is 5.02 Å². The van der Waals surface area contributed by atoms with Gasteiger partial charge < -0.3 is 5.11 Å². The highest BCUT2D eigenvalue weighted by Crippen LogP contribution is 2.15. The van der Waals surface area contributed by atoms with E-state index in [1.54, 1.807) is 44.3 Å². The molecule has 22 heavy (non-hydrogen) atoms. The first-order chi connectivity index (χ1) is 10.1. The zero-order valence-electron chi connectivity index (χ0n) is 12.4. The Bertz CT molecular complexity index is 733. The first-order valence-electron chi connectivity index (χ1n) is 6.75. The maximum absolute atomic E-state index is 12.0. The lowest BCUT2D eigenvalue weighted by Gasteiger charge is -2.16. The van der Waals surface area contributed by atoms with E-state index in [0.717, 1.165) is 5.69 Å². The lowest BCUT2D eigenvalue weighted by molar-refractivity contribution is 0.0772. The van der Waals surface area contributed by atoms with Gasteiger partial charge in [-0.2, -0.15) is 0 Å². The highest BCUT2D eigenvalue weighted by atomic mass is 35.5. The molecular weight excluding hydrogens is 326 g/mol. The summed E-state index contributed by atoms with van der Waals surface area (Å²) >= 11 is 5.82. The first-order valence-corrected chi connectivity index (χ1v) is 8.95. The molecule has 0 radical (unpaired) electrons. The first kappa shape index (κ1) is 16.9. The zero-order valence-corrected chi connectivity index (χ0v) is 14.0. The molecule has 0 atom stereocenters. The maximum atomic E-state index is 12.0. The summed E-state index contributed by atoms with van der Waals surface area (Å²) in [6.45, 7) is 3.17. The summed E-state index contributed by atoms with van der Waals surface area (Å²) in [5.74, 6) is -0.291. The van der Waals surface area contributed by atoms with E-state index in [-0.39, 0.29) is 17.9 Å². The van der Waals surface area contributed by atoms with E-state index in [0.29, 0.717) is 10.7 Å². The minimum Gasteiger partial charge on any atom is -0.390 e. The van der Waals surface area contributed by atoms with Crippen LogP contribution in [0.2, 0.25) is 5.02 Å². The van der Waals surface area contributed by atoms with Gasteiger partial charge in [0.25, 0.3) is 0 Å². The number of aromatic nitrogens is 3. The Morgan fingerprint density at radius 3 is 2.50 bits per heavy atom. The Morgan fingerprint density at radius 1 is 1.27 bits per heavy atom. The molecule has 0 aliphatic rings. The molecule has 8 heteroatoms. The molecule has 0 amide bonds. The van der Waals surface area contributed by atoms with Gasteiger partial charge in [-0.3, -0.25) is 0 Å². The fraction of sp³-hybridized carbons (Fsp3) is 0.429. The van der Waals surface area contributed by atoms with Crippen molar-refractivity contribution in [2.45, 2.75) is 31.6 Å². The van der Waals surface area contributed by atoms with Crippen LogP contribution < -0.4 is 0 Å². The summed E-state index contributed by atoms with van der Waals surface area (Å²) in [6, 6.07) is 6.98. The Labute approximate surface area is 134 Å². The minimum atomic E-state index is -3.34. The monoisotopic (exact) mass is 343 g/mol. The van der Waals surface area contributed by atoms with Crippen LogP contribution in [0.5, 0.6) is 0 Å². The van der Waals surface area contributed by atoms with Gasteiger partial charge in [0.05, 0.1) is 34.7 Å². The van der Waals surface area contributed by atoms with Gasteiger partial charge in [-0.05, 0) is 44.5 Å². The predicted molar refractivity (Wildman–Crippen MR) is 84.8 cm³/mol. The average Bonchev–Trinajstić information content (AvgIpc) is 2.84.